The third kappa shape index (κ3) is 9.46. The third-order valence-electron chi connectivity index (χ3n) is 5.28. The molecule has 0 unspecified atom stereocenters. The van der Waals surface area contributed by atoms with Gasteiger partial charge < -0.3 is 24.4 Å². The molecule has 0 aliphatic heterocycles. The van der Waals surface area contributed by atoms with Gasteiger partial charge in [-0.1, -0.05) is 30.7 Å². The normalized spacial score (nSPS) is 13.2. The van der Waals surface area contributed by atoms with Crippen molar-refractivity contribution >= 4 is 23.3 Å². The molecule has 1 aromatic carbocycles. The number of ether oxygens (including phenoxy) is 3. The third-order valence-corrected chi connectivity index (χ3v) is 5.28. The van der Waals surface area contributed by atoms with Crippen LogP contribution in [0, 0.1) is 0 Å². The molecule has 0 fully saturated rings. The van der Waals surface area contributed by atoms with Crippen LogP contribution in [0.5, 0.6) is 0 Å². The zero-order chi connectivity index (χ0) is 25.0. The second-order valence-corrected chi connectivity index (χ2v) is 9.11. The van der Waals surface area contributed by atoms with Gasteiger partial charge in [-0.15, -0.1) is 0 Å². The highest BCUT2D eigenvalue weighted by Gasteiger charge is 2.19. The fraction of sp³-hybridized carbons (Fsp3) is 0.615. The summed E-state index contributed by atoms with van der Waals surface area (Å²) in [4.78, 5) is 26.7. The zero-order valence-corrected chi connectivity index (χ0v) is 21.7. The van der Waals surface area contributed by atoms with Crippen molar-refractivity contribution in [3.63, 3.8) is 0 Å². The van der Waals surface area contributed by atoms with Crippen LogP contribution in [0.25, 0.3) is 11.3 Å². The molecule has 1 rings (SSSR count). The highest BCUT2D eigenvalue weighted by molar-refractivity contribution is 6.08. The number of carbonyl (C=O) groups excluding carboxylic acids is 2. The SMILES string of the molecule is CC/C(C)=c1/c(CCCCOC)ccc/c1=C(\C(=O)OC)N(C)CCNC(=O)OC(C)(C)C. The number of benzene rings is 1. The molecule has 33 heavy (non-hydrogen) atoms. The number of rotatable bonds is 11. The maximum atomic E-state index is 12.9. The Morgan fingerprint density at radius 3 is 2.39 bits per heavy atom. The van der Waals surface area contributed by atoms with Gasteiger partial charge in [0.25, 0.3) is 0 Å². The number of nitrogens with zero attached hydrogens (tertiary/aromatic N) is 1. The molecule has 1 aromatic rings. The van der Waals surface area contributed by atoms with E-state index in [9.17, 15) is 9.59 Å². The van der Waals surface area contributed by atoms with E-state index in [4.69, 9.17) is 14.2 Å². The number of hydrogen-bond donors (Lipinski definition) is 1. The molecule has 0 bridgehead atoms. The van der Waals surface area contributed by atoms with Crippen molar-refractivity contribution in [2.24, 2.45) is 0 Å². The highest BCUT2D eigenvalue weighted by Crippen LogP contribution is 2.08. The van der Waals surface area contributed by atoms with Crippen LogP contribution < -0.4 is 15.8 Å². The van der Waals surface area contributed by atoms with E-state index in [0.717, 1.165) is 42.7 Å². The van der Waals surface area contributed by atoms with Crippen LogP contribution in [-0.2, 0) is 25.4 Å². The Bertz CT molecular complexity index is 902. The number of aryl methyl sites for hydroxylation is 1. The number of carbonyl (C=O) groups is 2. The highest BCUT2D eigenvalue weighted by atomic mass is 16.6. The minimum atomic E-state index is -0.564. The van der Waals surface area contributed by atoms with Crippen LogP contribution in [-0.4, -0.2) is 63.5 Å². The molecule has 7 heteroatoms. The molecule has 0 saturated heterocycles. The second kappa shape index (κ2) is 13.9. The van der Waals surface area contributed by atoms with Gasteiger partial charge in [0.2, 0.25) is 0 Å². The van der Waals surface area contributed by atoms with E-state index in [1.54, 1.807) is 7.11 Å². The quantitative estimate of drug-likeness (QED) is 0.402. The molecule has 0 radical (unpaired) electrons. The van der Waals surface area contributed by atoms with E-state index in [0.29, 0.717) is 18.8 Å². The van der Waals surface area contributed by atoms with Gasteiger partial charge in [-0.25, -0.2) is 9.59 Å². The van der Waals surface area contributed by atoms with Crippen LogP contribution in [0.4, 0.5) is 4.79 Å². The number of unbranched alkanes of at least 4 members (excludes halogenated alkanes) is 1. The van der Waals surface area contributed by atoms with Gasteiger partial charge in [0.1, 0.15) is 11.3 Å². The van der Waals surface area contributed by atoms with Crippen molar-refractivity contribution in [3.8, 4) is 0 Å². The Hall–Kier alpha value is -2.54. The lowest BCUT2D eigenvalue weighted by molar-refractivity contribution is -0.135. The van der Waals surface area contributed by atoms with E-state index in [2.05, 4.69) is 25.2 Å². The first-order chi connectivity index (χ1) is 15.6. The summed E-state index contributed by atoms with van der Waals surface area (Å²) >= 11 is 0. The van der Waals surface area contributed by atoms with Crippen molar-refractivity contribution in [2.75, 3.05) is 41.0 Å². The van der Waals surface area contributed by atoms with Gasteiger partial charge in [-0.2, -0.15) is 0 Å². The van der Waals surface area contributed by atoms with Gasteiger partial charge in [-0.3, -0.25) is 0 Å². The van der Waals surface area contributed by atoms with Crippen molar-refractivity contribution in [1.29, 1.82) is 0 Å². The Kier molecular flexibility index (Phi) is 12.0. The fourth-order valence-electron chi connectivity index (χ4n) is 3.57. The smallest absolute Gasteiger partial charge is 0.407 e. The number of esters is 1. The molecule has 186 valence electrons. The maximum Gasteiger partial charge on any atom is 0.407 e. The van der Waals surface area contributed by atoms with Crippen molar-refractivity contribution in [3.05, 3.63) is 34.2 Å². The Morgan fingerprint density at radius 2 is 1.82 bits per heavy atom. The lowest BCUT2D eigenvalue weighted by Crippen LogP contribution is -2.42. The molecule has 0 aliphatic carbocycles. The van der Waals surface area contributed by atoms with Gasteiger partial charge >= 0.3 is 12.1 Å². The summed E-state index contributed by atoms with van der Waals surface area (Å²) in [5, 5.41) is 4.70. The summed E-state index contributed by atoms with van der Waals surface area (Å²) < 4.78 is 15.6. The molecule has 0 atom stereocenters. The lowest BCUT2D eigenvalue weighted by atomic mass is 9.98. The van der Waals surface area contributed by atoms with Gasteiger partial charge in [0.15, 0.2) is 0 Å². The zero-order valence-electron chi connectivity index (χ0n) is 21.7. The average Bonchev–Trinajstić information content (AvgIpc) is 2.75. The summed E-state index contributed by atoms with van der Waals surface area (Å²) in [6, 6.07) is 6.09. The average molecular weight is 463 g/mol. The summed E-state index contributed by atoms with van der Waals surface area (Å²) in [6.45, 7) is 11.2. The van der Waals surface area contributed by atoms with Crippen molar-refractivity contribution < 1.29 is 23.8 Å². The maximum absolute atomic E-state index is 12.9. The number of nitrogens with one attached hydrogen (secondary N) is 1. The molecule has 1 amide bonds. The van der Waals surface area contributed by atoms with Gasteiger partial charge in [0.05, 0.1) is 7.11 Å². The molecule has 0 saturated carbocycles. The molecule has 0 heterocycles. The van der Waals surface area contributed by atoms with E-state index in [1.807, 2.05) is 44.9 Å². The first-order valence-corrected chi connectivity index (χ1v) is 11.6. The van der Waals surface area contributed by atoms with E-state index >= 15 is 0 Å². The Balaban J connectivity index is 3.35. The summed E-state index contributed by atoms with van der Waals surface area (Å²) in [7, 11) is 4.94. The van der Waals surface area contributed by atoms with Crippen molar-refractivity contribution in [1.82, 2.24) is 10.2 Å². The summed E-state index contributed by atoms with van der Waals surface area (Å²) in [5.74, 6) is -0.406. The number of amides is 1. The molecular formula is C26H42N2O5. The standard InChI is InChI=1S/C26H42N2O5/c1-9-19(2)22-20(13-10-11-18-31-7)14-12-15-21(22)23(24(29)32-8)28(6)17-16-27-25(30)33-26(3,4)5/h12,14-15H,9-11,13,16-18H2,1-8H3,(H,27,30)/b22-19-,23-21-. The number of likely N-dealkylation sites (N-methyl/N-ethyl adjacent to an activating group) is 1. The topological polar surface area (TPSA) is 77.1 Å². The number of hydrogen-bond acceptors (Lipinski definition) is 6. The summed E-state index contributed by atoms with van der Waals surface area (Å²) in [5.41, 5.74) is 2.34. The predicted octanol–water partition coefficient (Wildman–Crippen LogP) is 2.97. The molecule has 7 nitrogen and oxygen atoms in total. The molecule has 0 aliphatic rings. The summed E-state index contributed by atoms with van der Waals surface area (Å²) in [6.07, 6.45) is 3.28. The number of alkyl carbamates (subject to hydrolysis) is 1. The Morgan fingerprint density at radius 1 is 1.12 bits per heavy atom. The van der Waals surface area contributed by atoms with Crippen LogP contribution in [0.3, 0.4) is 0 Å². The Labute approximate surface area is 198 Å². The molecular weight excluding hydrogens is 420 g/mol. The van der Waals surface area contributed by atoms with E-state index in [-0.39, 0.29) is 0 Å². The monoisotopic (exact) mass is 462 g/mol. The second-order valence-electron chi connectivity index (χ2n) is 9.11. The predicted molar refractivity (Wildman–Crippen MR) is 132 cm³/mol. The largest absolute Gasteiger partial charge is 0.464 e. The van der Waals surface area contributed by atoms with Crippen LogP contribution in [0.15, 0.2) is 18.2 Å². The van der Waals surface area contributed by atoms with Gasteiger partial charge in [-0.05, 0) is 64.2 Å². The first-order valence-electron chi connectivity index (χ1n) is 11.6. The molecule has 0 spiro atoms. The van der Waals surface area contributed by atoms with Crippen LogP contribution >= 0.6 is 0 Å². The first kappa shape index (κ1) is 28.5. The number of methoxy groups -OCH3 is 2. The lowest BCUT2D eigenvalue weighted by Gasteiger charge is -2.23. The minimum absolute atomic E-state index is 0.328. The van der Waals surface area contributed by atoms with Crippen molar-refractivity contribution in [2.45, 2.75) is 65.9 Å². The minimum Gasteiger partial charge on any atom is -0.464 e. The fourth-order valence-corrected chi connectivity index (χ4v) is 3.57. The van der Waals surface area contributed by atoms with Crippen LogP contribution in [0.2, 0.25) is 0 Å². The van der Waals surface area contributed by atoms with E-state index < -0.39 is 17.7 Å². The molecule has 0 aromatic heterocycles. The molecule has 1 N–H and O–H groups in total. The van der Waals surface area contributed by atoms with E-state index in [1.165, 1.54) is 18.2 Å². The van der Waals surface area contributed by atoms with Gasteiger partial charge in [0, 0.05) is 39.1 Å². The van der Waals surface area contributed by atoms with Crippen LogP contribution in [0.1, 0.15) is 59.4 Å².